The largest absolute Gasteiger partial charge is 0.399 e. The Bertz CT molecular complexity index is 416. The second-order valence-electron chi connectivity index (χ2n) is 5.25. The van der Waals surface area contributed by atoms with Crippen molar-refractivity contribution in [1.82, 2.24) is 5.32 Å². The van der Waals surface area contributed by atoms with Gasteiger partial charge in [0.05, 0.1) is 0 Å². The van der Waals surface area contributed by atoms with E-state index in [4.69, 9.17) is 5.73 Å². The zero-order chi connectivity index (χ0) is 15.1. The number of benzene rings is 1. The molecule has 0 fully saturated rings. The zero-order valence-corrected chi connectivity index (χ0v) is 13.0. The Morgan fingerprint density at radius 3 is 2.35 bits per heavy atom. The Morgan fingerprint density at radius 1 is 1.25 bits per heavy atom. The minimum absolute atomic E-state index is 0.0737. The van der Waals surface area contributed by atoms with Gasteiger partial charge in [0, 0.05) is 24.0 Å². The van der Waals surface area contributed by atoms with Crippen molar-refractivity contribution in [1.29, 1.82) is 0 Å². The monoisotopic (exact) mass is 277 g/mol. The van der Waals surface area contributed by atoms with Crippen molar-refractivity contribution in [3.05, 3.63) is 24.3 Å². The van der Waals surface area contributed by atoms with Gasteiger partial charge in [-0.1, -0.05) is 13.3 Å². The van der Waals surface area contributed by atoms with Gasteiger partial charge in [-0.15, -0.1) is 0 Å². The molecule has 0 saturated heterocycles. The van der Waals surface area contributed by atoms with Crippen LogP contribution in [-0.2, 0) is 4.79 Å². The van der Waals surface area contributed by atoms with Crippen LogP contribution in [0.25, 0.3) is 0 Å². The first-order valence-corrected chi connectivity index (χ1v) is 7.42. The molecule has 0 aliphatic heterocycles. The number of carbonyl (C=O) groups excluding carboxylic acids is 1. The van der Waals surface area contributed by atoms with Crippen molar-refractivity contribution in [3.8, 4) is 0 Å². The summed E-state index contributed by atoms with van der Waals surface area (Å²) in [7, 11) is 0. The maximum absolute atomic E-state index is 12.3. The molecule has 0 aromatic heterocycles. The van der Waals surface area contributed by atoms with Gasteiger partial charge in [0.25, 0.3) is 0 Å². The molecule has 0 radical (unpaired) electrons. The van der Waals surface area contributed by atoms with E-state index in [2.05, 4.69) is 24.1 Å². The fourth-order valence-electron chi connectivity index (χ4n) is 2.36. The van der Waals surface area contributed by atoms with E-state index in [9.17, 15) is 4.79 Å². The molecular weight excluding hydrogens is 250 g/mol. The van der Waals surface area contributed by atoms with Crippen molar-refractivity contribution in [2.75, 3.05) is 17.2 Å². The van der Waals surface area contributed by atoms with Crippen LogP contribution >= 0.6 is 0 Å². The second kappa shape index (κ2) is 7.78. The highest BCUT2D eigenvalue weighted by molar-refractivity contribution is 5.85. The molecule has 3 N–H and O–H groups in total. The predicted molar refractivity (Wildman–Crippen MR) is 85.8 cm³/mol. The molecule has 0 bridgehead atoms. The van der Waals surface area contributed by atoms with Gasteiger partial charge >= 0.3 is 0 Å². The summed E-state index contributed by atoms with van der Waals surface area (Å²) in [4.78, 5) is 14.4. The standard InChI is InChI=1S/C16H27N3O/c1-5-7-12(3)18-16(20)13(4)19(6-2)15-10-8-14(17)9-11-15/h8-13H,5-7,17H2,1-4H3,(H,18,20). The summed E-state index contributed by atoms with van der Waals surface area (Å²) in [5, 5.41) is 3.07. The van der Waals surface area contributed by atoms with Gasteiger partial charge in [0.1, 0.15) is 6.04 Å². The number of nitrogens with zero attached hydrogens (tertiary/aromatic N) is 1. The smallest absolute Gasteiger partial charge is 0.242 e. The van der Waals surface area contributed by atoms with E-state index in [0.717, 1.165) is 30.8 Å². The van der Waals surface area contributed by atoms with Gasteiger partial charge in [-0.3, -0.25) is 4.79 Å². The quantitative estimate of drug-likeness (QED) is 0.753. The second-order valence-corrected chi connectivity index (χ2v) is 5.25. The molecule has 20 heavy (non-hydrogen) atoms. The van der Waals surface area contributed by atoms with E-state index in [1.807, 2.05) is 38.1 Å². The molecule has 1 aromatic carbocycles. The molecule has 0 heterocycles. The van der Waals surface area contributed by atoms with Crippen LogP contribution in [0.4, 0.5) is 11.4 Å². The molecule has 1 amide bonds. The minimum Gasteiger partial charge on any atom is -0.399 e. The first kappa shape index (κ1) is 16.3. The van der Waals surface area contributed by atoms with E-state index < -0.39 is 0 Å². The van der Waals surface area contributed by atoms with Crippen LogP contribution in [0.15, 0.2) is 24.3 Å². The lowest BCUT2D eigenvalue weighted by atomic mass is 10.1. The number of anilines is 2. The summed E-state index contributed by atoms with van der Waals surface area (Å²) in [6.07, 6.45) is 2.08. The van der Waals surface area contributed by atoms with Crippen molar-refractivity contribution in [2.45, 2.75) is 52.6 Å². The van der Waals surface area contributed by atoms with Crippen LogP contribution in [0.5, 0.6) is 0 Å². The lowest BCUT2D eigenvalue weighted by molar-refractivity contribution is -0.122. The van der Waals surface area contributed by atoms with Crippen LogP contribution in [0, 0.1) is 0 Å². The molecule has 4 heteroatoms. The number of nitrogens with one attached hydrogen (secondary N) is 1. The molecule has 1 aromatic rings. The number of carbonyl (C=O) groups is 1. The third-order valence-corrected chi connectivity index (χ3v) is 3.52. The van der Waals surface area contributed by atoms with Crippen LogP contribution < -0.4 is 16.0 Å². The van der Waals surface area contributed by atoms with Crippen LogP contribution in [-0.4, -0.2) is 24.5 Å². The van der Waals surface area contributed by atoms with Crippen LogP contribution in [0.1, 0.15) is 40.5 Å². The third kappa shape index (κ3) is 4.44. The Morgan fingerprint density at radius 2 is 1.85 bits per heavy atom. The lowest BCUT2D eigenvalue weighted by Crippen LogP contribution is -2.47. The van der Waals surface area contributed by atoms with Gasteiger partial charge in [-0.05, 0) is 51.5 Å². The summed E-state index contributed by atoms with van der Waals surface area (Å²) in [6, 6.07) is 7.67. The number of hydrogen-bond acceptors (Lipinski definition) is 3. The minimum atomic E-state index is -0.192. The molecule has 112 valence electrons. The molecule has 4 nitrogen and oxygen atoms in total. The topological polar surface area (TPSA) is 58.4 Å². The zero-order valence-electron chi connectivity index (χ0n) is 13.0. The summed E-state index contributed by atoms with van der Waals surface area (Å²) >= 11 is 0. The van der Waals surface area contributed by atoms with Gasteiger partial charge in [0.15, 0.2) is 0 Å². The summed E-state index contributed by atoms with van der Waals surface area (Å²) < 4.78 is 0. The SMILES string of the molecule is CCCC(C)NC(=O)C(C)N(CC)c1ccc(N)cc1. The van der Waals surface area contributed by atoms with Gasteiger partial charge < -0.3 is 16.0 Å². The van der Waals surface area contributed by atoms with Gasteiger partial charge in [0.2, 0.25) is 5.91 Å². The molecule has 0 saturated carbocycles. The summed E-state index contributed by atoms with van der Waals surface area (Å²) in [6.45, 7) is 8.94. The van der Waals surface area contributed by atoms with E-state index in [1.165, 1.54) is 0 Å². The highest BCUT2D eigenvalue weighted by Gasteiger charge is 2.21. The van der Waals surface area contributed by atoms with E-state index >= 15 is 0 Å². The average Bonchev–Trinajstić information content (AvgIpc) is 2.41. The number of amides is 1. The number of hydrogen-bond donors (Lipinski definition) is 2. The molecule has 0 spiro atoms. The molecule has 2 atom stereocenters. The van der Waals surface area contributed by atoms with E-state index in [-0.39, 0.29) is 18.0 Å². The Balaban J connectivity index is 2.73. The first-order valence-electron chi connectivity index (χ1n) is 7.42. The number of nitrogens with two attached hydrogens (primary N) is 1. The van der Waals surface area contributed by atoms with E-state index in [1.54, 1.807) is 0 Å². The highest BCUT2D eigenvalue weighted by atomic mass is 16.2. The highest BCUT2D eigenvalue weighted by Crippen LogP contribution is 2.18. The normalized spacial score (nSPS) is 13.6. The Hall–Kier alpha value is -1.71. The van der Waals surface area contributed by atoms with Crippen molar-refractivity contribution < 1.29 is 4.79 Å². The number of nitrogen functional groups attached to an aromatic ring is 1. The maximum Gasteiger partial charge on any atom is 0.242 e. The molecule has 0 aliphatic rings. The lowest BCUT2D eigenvalue weighted by Gasteiger charge is -2.30. The Labute approximate surface area is 122 Å². The molecular formula is C16H27N3O. The maximum atomic E-state index is 12.3. The summed E-state index contributed by atoms with van der Waals surface area (Å²) in [5.74, 6) is 0.0737. The Kier molecular flexibility index (Phi) is 6.36. The van der Waals surface area contributed by atoms with Crippen molar-refractivity contribution >= 4 is 17.3 Å². The molecule has 1 rings (SSSR count). The van der Waals surface area contributed by atoms with Crippen molar-refractivity contribution in [3.63, 3.8) is 0 Å². The van der Waals surface area contributed by atoms with Crippen LogP contribution in [0.2, 0.25) is 0 Å². The van der Waals surface area contributed by atoms with Gasteiger partial charge in [-0.25, -0.2) is 0 Å². The third-order valence-electron chi connectivity index (χ3n) is 3.52. The summed E-state index contributed by atoms with van der Waals surface area (Å²) in [5.41, 5.74) is 7.46. The van der Waals surface area contributed by atoms with Crippen LogP contribution in [0.3, 0.4) is 0 Å². The average molecular weight is 277 g/mol. The number of likely N-dealkylation sites (N-methyl/N-ethyl adjacent to an activating group) is 1. The predicted octanol–water partition coefficient (Wildman–Crippen LogP) is 2.79. The van der Waals surface area contributed by atoms with Crippen molar-refractivity contribution in [2.24, 2.45) is 0 Å². The fourth-order valence-corrected chi connectivity index (χ4v) is 2.36. The van der Waals surface area contributed by atoms with E-state index in [0.29, 0.717) is 0 Å². The van der Waals surface area contributed by atoms with Gasteiger partial charge in [-0.2, -0.15) is 0 Å². The first-order chi connectivity index (χ1) is 9.49. The fraction of sp³-hybridized carbons (Fsp3) is 0.562. The molecule has 2 unspecified atom stereocenters. The number of rotatable bonds is 7. The molecule has 0 aliphatic carbocycles.